The fraction of sp³-hybridized carbons (Fsp3) is 0.417. The Balaban J connectivity index is 2.87. The first-order chi connectivity index (χ1) is 7.06. The summed E-state index contributed by atoms with van der Waals surface area (Å²) >= 11 is 5.95. The van der Waals surface area contributed by atoms with Crippen molar-refractivity contribution in [3.63, 3.8) is 0 Å². The average molecular weight is 226 g/mol. The highest BCUT2D eigenvalue weighted by molar-refractivity contribution is 6.31. The molecule has 0 radical (unpaired) electrons. The fourth-order valence-electron chi connectivity index (χ4n) is 1.26. The Morgan fingerprint density at radius 2 is 2.20 bits per heavy atom. The van der Waals surface area contributed by atoms with Crippen LogP contribution in [0.25, 0.3) is 0 Å². The molecule has 0 aliphatic rings. The molecule has 0 fully saturated rings. The molecule has 1 amide bonds. The van der Waals surface area contributed by atoms with Gasteiger partial charge in [-0.15, -0.1) is 0 Å². The lowest BCUT2D eigenvalue weighted by Gasteiger charge is -2.13. The van der Waals surface area contributed by atoms with Crippen molar-refractivity contribution in [2.24, 2.45) is 0 Å². The summed E-state index contributed by atoms with van der Waals surface area (Å²) in [5, 5.41) is 3.55. The Morgan fingerprint density at radius 3 is 2.80 bits per heavy atom. The van der Waals surface area contributed by atoms with E-state index in [1.807, 2.05) is 20.8 Å². The molecule has 3 heteroatoms. The number of benzene rings is 1. The summed E-state index contributed by atoms with van der Waals surface area (Å²) in [4.78, 5) is 11.8. The van der Waals surface area contributed by atoms with Crippen molar-refractivity contribution < 1.29 is 4.79 Å². The minimum absolute atomic E-state index is 0.0515. The summed E-state index contributed by atoms with van der Waals surface area (Å²) in [6, 6.07) is 5.56. The number of amides is 1. The zero-order valence-corrected chi connectivity index (χ0v) is 10.1. The summed E-state index contributed by atoms with van der Waals surface area (Å²) in [7, 11) is 0. The number of halogens is 1. The molecule has 0 bridgehead atoms. The van der Waals surface area contributed by atoms with Gasteiger partial charge in [0.2, 0.25) is 0 Å². The zero-order valence-electron chi connectivity index (χ0n) is 9.30. The fourth-order valence-corrected chi connectivity index (χ4v) is 1.43. The lowest BCUT2D eigenvalue weighted by molar-refractivity contribution is 0.0938. The monoisotopic (exact) mass is 225 g/mol. The van der Waals surface area contributed by atoms with Gasteiger partial charge in [-0.05, 0) is 38.0 Å². The summed E-state index contributed by atoms with van der Waals surface area (Å²) < 4.78 is 0. The third-order valence-corrected chi connectivity index (χ3v) is 2.91. The number of carbonyl (C=O) groups is 1. The molecule has 2 nitrogen and oxygen atoms in total. The van der Waals surface area contributed by atoms with E-state index < -0.39 is 0 Å². The predicted molar refractivity (Wildman–Crippen MR) is 63.4 cm³/mol. The highest BCUT2D eigenvalue weighted by Gasteiger charge is 2.12. The molecular formula is C12H16ClNO. The topological polar surface area (TPSA) is 29.1 Å². The lowest BCUT2D eigenvalue weighted by Crippen LogP contribution is -2.32. The van der Waals surface area contributed by atoms with Crippen LogP contribution in [0.3, 0.4) is 0 Å². The summed E-state index contributed by atoms with van der Waals surface area (Å²) in [5.74, 6) is -0.0515. The molecule has 0 aliphatic heterocycles. The van der Waals surface area contributed by atoms with E-state index in [1.165, 1.54) is 0 Å². The third kappa shape index (κ3) is 2.96. The predicted octanol–water partition coefficient (Wildman–Crippen LogP) is 3.18. The smallest absolute Gasteiger partial charge is 0.251 e. The van der Waals surface area contributed by atoms with Crippen LogP contribution in [0.2, 0.25) is 5.02 Å². The Bertz CT molecular complexity index is 363. The Kier molecular flexibility index (Phi) is 4.15. The molecule has 0 heterocycles. The number of hydrogen-bond donors (Lipinski definition) is 1. The van der Waals surface area contributed by atoms with Gasteiger partial charge in [0.1, 0.15) is 0 Å². The Morgan fingerprint density at radius 1 is 1.53 bits per heavy atom. The second-order valence-corrected chi connectivity index (χ2v) is 4.10. The van der Waals surface area contributed by atoms with E-state index >= 15 is 0 Å². The van der Waals surface area contributed by atoms with Crippen LogP contribution in [-0.2, 0) is 0 Å². The van der Waals surface area contributed by atoms with Crippen molar-refractivity contribution in [2.45, 2.75) is 33.2 Å². The Labute approximate surface area is 95.6 Å². The van der Waals surface area contributed by atoms with E-state index in [0.717, 1.165) is 12.0 Å². The van der Waals surface area contributed by atoms with Gasteiger partial charge in [0.15, 0.2) is 0 Å². The van der Waals surface area contributed by atoms with E-state index in [9.17, 15) is 4.79 Å². The van der Waals surface area contributed by atoms with Crippen molar-refractivity contribution in [1.29, 1.82) is 0 Å². The van der Waals surface area contributed by atoms with Crippen LogP contribution in [0.4, 0.5) is 0 Å². The number of hydrogen-bond acceptors (Lipinski definition) is 1. The van der Waals surface area contributed by atoms with Crippen molar-refractivity contribution >= 4 is 17.5 Å². The molecule has 1 atom stereocenters. The molecule has 1 rings (SSSR count). The first kappa shape index (κ1) is 12.1. The molecular weight excluding hydrogens is 210 g/mol. The molecule has 1 aromatic rings. The molecule has 0 saturated heterocycles. The van der Waals surface area contributed by atoms with Crippen LogP contribution >= 0.6 is 11.6 Å². The van der Waals surface area contributed by atoms with Crippen molar-refractivity contribution in [2.75, 3.05) is 0 Å². The van der Waals surface area contributed by atoms with Gasteiger partial charge in [0.05, 0.1) is 0 Å². The maximum absolute atomic E-state index is 11.8. The SMILES string of the molecule is CCC(C)NC(=O)c1cccc(Cl)c1C. The maximum atomic E-state index is 11.8. The molecule has 15 heavy (non-hydrogen) atoms. The van der Waals surface area contributed by atoms with Gasteiger partial charge >= 0.3 is 0 Å². The van der Waals surface area contributed by atoms with E-state index in [-0.39, 0.29) is 11.9 Å². The van der Waals surface area contributed by atoms with Gasteiger partial charge in [-0.3, -0.25) is 4.79 Å². The molecule has 0 aromatic heterocycles. The van der Waals surface area contributed by atoms with Crippen molar-refractivity contribution in [3.8, 4) is 0 Å². The summed E-state index contributed by atoms with van der Waals surface area (Å²) in [6.45, 7) is 5.88. The lowest BCUT2D eigenvalue weighted by atomic mass is 10.1. The van der Waals surface area contributed by atoms with Crippen molar-refractivity contribution in [3.05, 3.63) is 34.3 Å². The second kappa shape index (κ2) is 5.17. The summed E-state index contributed by atoms with van der Waals surface area (Å²) in [6.07, 6.45) is 0.922. The molecule has 1 aromatic carbocycles. The van der Waals surface area contributed by atoms with E-state index in [0.29, 0.717) is 10.6 Å². The largest absolute Gasteiger partial charge is 0.350 e. The number of rotatable bonds is 3. The van der Waals surface area contributed by atoms with Crippen molar-refractivity contribution in [1.82, 2.24) is 5.32 Å². The van der Waals surface area contributed by atoms with E-state index in [4.69, 9.17) is 11.6 Å². The van der Waals surface area contributed by atoms with Gasteiger partial charge in [0.25, 0.3) is 5.91 Å². The maximum Gasteiger partial charge on any atom is 0.251 e. The molecule has 1 unspecified atom stereocenters. The van der Waals surface area contributed by atoms with Crippen LogP contribution in [0, 0.1) is 6.92 Å². The molecule has 0 saturated carbocycles. The van der Waals surface area contributed by atoms with Crippen LogP contribution in [-0.4, -0.2) is 11.9 Å². The normalized spacial score (nSPS) is 12.3. The number of nitrogens with one attached hydrogen (secondary N) is 1. The standard InChI is InChI=1S/C12H16ClNO/c1-4-8(2)14-12(15)10-6-5-7-11(13)9(10)3/h5-8H,4H2,1-3H3,(H,14,15). The van der Waals surface area contributed by atoms with Gasteiger partial charge in [-0.25, -0.2) is 0 Å². The molecule has 0 spiro atoms. The van der Waals surface area contributed by atoms with Crippen LogP contribution < -0.4 is 5.32 Å². The second-order valence-electron chi connectivity index (χ2n) is 3.70. The van der Waals surface area contributed by atoms with Crippen LogP contribution in [0.15, 0.2) is 18.2 Å². The average Bonchev–Trinajstić information content (AvgIpc) is 2.21. The minimum atomic E-state index is -0.0515. The zero-order chi connectivity index (χ0) is 11.4. The number of carbonyl (C=O) groups excluding carboxylic acids is 1. The van der Waals surface area contributed by atoms with E-state index in [1.54, 1.807) is 18.2 Å². The van der Waals surface area contributed by atoms with Gasteiger partial charge < -0.3 is 5.32 Å². The van der Waals surface area contributed by atoms with Crippen LogP contribution in [0.1, 0.15) is 36.2 Å². The Hall–Kier alpha value is -1.02. The quantitative estimate of drug-likeness (QED) is 0.841. The molecule has 1 N–H and O–H groups in total. The third-order valence-electron chi connectivity index (χ3n) is 2.50. The van der Waals surface area contributed by atoms with Gasteiger partial charge in [-0.2, -0.15) is 0 Å². The van der Waals surface area contributed by atoms with Gasteiger partial charge in [-0.1, -0.05) is 24.6 Å². The first-order valence-corrected chi connectivity index (χ1v) is 5.50. The summed E-state index contributed by atoms with van der Waals surface area (Å²) in [5.41, 5.74) is 1.49. The minimum Gasteiger partial charge on any atom is -0.350 e. The van der Waals surface area contributed by atoms with Gasteiger partial charge in [0, 0.05) is 16.6 Å². The van der Waals surface area contributed by atoms with E-state index in [2.05, 4.69) is 5.32 Å². The first-order valence-electron chi connectivity index (χ1n) is 5.12. The molecule has 0 aliphatic carbocycles. The van der Waals surface area contributed by atoms with Crippen LogP contribution in [0.5, 0.6) is 0 Å². The highest BCUT2D eigenvalue weighted by atomic mass is 35.5. The highest BCUT2D eigenvalue weighted by Crippen LogP contribution is 2.18. The molecule has 82 valence electrons.